The molecule has 1 aliphatic heterocycles. The molecule has 2 unspecified atom stereocenters. The van der Waals surface area contributed by atoms with E-state index in [1.807, 2.05) is 18.2 Å². The third-order valence-electron chi connectivity index (χ3n) is 4.17. The first-order chi connectivity index (χ1) is 9.14. The zero-order valence-corrected chi connectivity index (χ0v) is 12.2. The molecule has 106 valence electrons. The molecule has 0 bridgehead atoms. The van der Waals surface area contributed by atoms with Gasteiger partial charge in [-0.1, -0.05) is 20.3 Å². The standard InChI is InChI=1S/C16H25NO2/c1-4-6-9-16(5-2)11-14(17)13-10-12(18-3)7-8-15(13)19-16/h7-8,10,14H,4-6,9,11,17H2,1-3H3. The molecule has 0 aromatic heterocycles. The zero-order chi connectivity index (χ0) is 13.9. The number of unbranched alkanes of at least 4 members (excludes halogenated alkanes) is 1. The maximum atomic E-state index is 6.36. The largest absolute Gasteiger partial charge is 0.497 e. The Bertz CT molecular complexity index is 433. The number of benzene rings is 1. The number of hydrogen-bond acceptors (Lipinski definition) is 3. The topological polar surface area (TPSA) is 44.5 Å². The van der Waals surface area contributed by atoms with Crippen LogP contribution in [0.5, 0.6) is 11.5 Å². The molecule has 0 spiro atoms. The number of hydrogen-bond donors (Lipinski definition) is 1. The van der Waals surface area contributed by atoms with E-state index in [0.717, 1.165) is 36.3 Å². The van der Waals surface area contributed by atoms with Crippen LogP contribution in [0.1, 0.15) is 57.6 Å². The molecule has 0 amide bonds. The van der Waals surface area contributed by atoms with Crippen molar-refractivity contribution in [3.63, 3.8) is 0 Å². The first-order valence-electron chi connectivity index (χ1n) is 7.26. The molecule has 1 heterocycles. The van der Waals surface area contributed by atoms with Gasteiger partial charge in [-0.05, 0) is 37.5 Å². The number of fused-ring (bicyclic) bond motifs is 1. The molecule has 3 heteroatoms. The van der Waals surface area contributed by atoms with E-state index in [-0.39, 0.29) is 11.6 Å². The van der Waals surface area contributed by atoms with Gasteiger partial charge in [0.2, 0.25) is 0 Å². The number of nitrogens with two attached hydrogens (primary N) is 1. The molecule has 1 aromatic carbocycles. The van der Waals surface area contributed by atoms with Gasteiger partial charge in [0.15, 0.2) is 0 Å². The van der Waals surface area contributed by atoms with Crippen LogP contribution in [-0.4, -0.2) is 12.7 Å². The summed E-state index contributed by atoms with van der Waals surface area (Å²) in [6.07, 6.45) is 5.36. The fraction of sp³-hybridized carbons (Fsp3) is 0.625. The molecule has 1 aromatic rings. The van der Waals surface area contributed by atoms with Crippen LogP contribution < -0.4 is 15.2 Å². The number of ether oxygens (including phenoxy) is 2. The summed E-state index contributed by atoms with van der Waals surface area (Å²) >= 11 is 0. The Balaban J connectivity index is 2.27. The summed E-state index contributed by atoms with van der Waals surface area (Å²) in [4.78, 5) is 0. The van der Waals surface area contributed by atoms with Gasteiger partial charge in [-0.2, -0.15) is 0 Å². The molecule has 2 N–H and O–H groups in total. The summed E-state index contributed by atoms with van der Waals surface area (Å²) in [5, 5.41) is 0. The maximum absolute atomic E-state index is 6.36. The minimum atomic E-state index is -0.0863. The van der Waals surface area contributed by atoms with E-state index >= 15 is 0 Å². The second-order valence-electron chi connectivity index (χ2n) is 5.46. The normalized spacial score (nSPS) is 25.6. The Morgan fingerprint density at radius 1 is 1.42 bits per heavy atom. The van der Waals surface area contributed by atoms with Gasteiger partial charge in [-0.3, -0.25) is 0 Å². The third-order valence-corrected chi connectivity index (χ3v) is 4.17. The summed E-state index contributed by atoms with van der Waals surface area (Å²) in [5.74, 6) is 1.77. The second-order valence-corrected chi connectivity index (χ2v) is 5.46. The van der Waals surface area contributed by atoms with E-state index in [1.54, 1.807) is 7.11 Å². The second kappa shape index (κ2) is 5.83. The Morgan fingerprint density at radius 3 is 2.84 bits per heavy atom. The average Bonchev–Trinajstić information content (AvgIpc) is 2.45. The molecule has 19 heavy (non-hydrogen) atoms. The maximum Gasteiger partial charge on any atom is 0.125 e. The number of rotatable bonds is 5. The van der Waals surface area contributed by atoms with Gasteiger partial charge >= 0.3 is 0 Å². The summed E-state index contributed by atoms with van der Waals surface area (Å²) in [5.41, 5.74) is 7.34. The van der Waals surface area contributed by atoms with Gasteiger partial charge in [0.1, 0.15) is 17.1 Å². The highest BCUT2D eigenvalue weighted by Gasteiger charge is 2.38. The first kappa shape index (κ1) is 14.2. The minimum Gasteiger partial charge on any atom is -0.497 e. The Labute approximate surface area is 116 Å². The lowest BCUT2D eigenvalue weighted by Gasteiger charge is -2.41. The SMILES string of the molecule is CCCCC1(CC)CC(N)c2cc(OC)ccc2O1. The molecule has 2 rings (SSSR count). The molecular formula is C16H25NO2. The van der Waals surface area contributed by atoms with E-state index in [2.05, 4.69) is 13.8 Å². The van der Waals surface area contributed by atoms with Gasteiger partial charge in [-0.15, -0.1) is 0 Å². The fourth-order valence-electron chi connectivity index (χ4n) is 2.87. The minimum absolute atomic E-state index is 0.0376. The fourth-order valence-corrected chi connectivity index (χ4v) is 2.87. The lowest BCUT2D eigenvalue weighted by molar-refractivity contribution is 0.0216. The predicted octanol–water partition coefficient (Wildman–Crippen LogP) is 3.82. The van der Waals surface area contributed by atoms with E-state index < -0.39 is 0 Å². The van der Waals surface area contributed by atoms with Crippen LogP contribution in [-0.2, 0) is 0 Å². The highest BCUT2D eigenvalue weighted by atomic mass is 16.5. The van der Waals surface area contributed by atoms with Crippen LogP contribution in [0.2, 0.25) is 0 Å². The quantitative estimate of drug-likeness (QED) is 0.878. The average molecular weight is 263 g/mol. The van der Waals surface area contributed by atoms with Crippen molar-refractivity contribution in [3.05, 3.63) is 23.8 Å². The van der Waals surface area contributed by atoms with Crippen molar-refractivity contribution in [2.75, 3.05) is 7.11 Å². The van der Waals surface area contributed by atoms with Crippen molar-refractivity contribution in [2.45, 2.75) is 57.6 Å². The summed E-state index contributed by atoms with van der Waals surface area (Å²) < 4.78 is 11.6. The molecule has 0 saturated heterocycles. The monoisotopic (exact) mass is 263 g/mol. The smallest absolute Gasteiger partial charge is 0.125 e. The molecule has 0 saturated carbocycles. The Morgan fingerprint density at radius 2 is 2.21 bits per heavy atom. The van der Waals surface area contributed by atoms with Crippen molar-refractivity contribution < 1.29 is 9.47 Å². The van der Waals surface area contributed by atoms with Crippen molar-refractivity contribution in [3.8, 4) is 11.5 Å². The Hall–Kier alpha value is -1.22. The van der Waals surface area contributed by atoms with Gasteiger partial charge in [0.05, 0.1) is 7.11 Å². The summed E-state index contributed by atoms with van der Waals surface area (Å²) in [7, 11) is 1.68. The van der Waals surface area contributed by atoms with Crippen LogP contribution >= 0.6 is 0 Å². The van der Waals surface area contributed by atoms with E-state index in [9.17, 15) is 0 Å². The first-order valence-corrected chi connectivity index (χ1v) is 7.26. The van der Waals surface area contributed by atoms with Crippen LogP contribution in [0.15, 0.2) is 18.2 Å². The van der Waals surface area contributed by atoms with Crippen molar-refractivity contribution in [2.24, 2.45) is 5.73 Å². The van der Waals surface area contributed by atoms with Gasteiger partial charge in [-0.25, -0.2) is 0 Å². The van der Waals surface area contributed by atoms with E-state index in [0.29, 0.717) is 0 Å². The van der Waals surface area contributed by atoms with Crippen LogP contribution in [0.25, 0.3) is 0 Å². The van der Waals surface area contributed by atoms with Crippen molar-refractivity contribution >= 4 is 0 Å². The van der Waals surface area contributed by atoms with Crippen LogP contribution in [0, 0.1) is 0 Å². The van der Waals surface area contributed by atoms with Crippen molar-refractivity contribution in [1.82, 2.24) is 0 Å². The molecule has 0 aliphatic carbocycles. The molecule has 1 aliphatic rings. The molecular weight excluding hydrogens is 238 g/mol. The van der Waals surface area contributed by atoms with Gasteiger partial charge in [0.25, 0.3) is 0 Å². The van der Waals surface area contributed by atoms with Gasteiger partial charge in [0, 0.05) is 18.0 Å². The molecule has 3 nitrogen and oxygen atoms in total. The molecule has 2 atom stereocenters. The van der Waals surface area contributed by atoms with Crippen LogP contribution in [0.4, 0.5) is 0 Å². The van der Waals surface area contributed by atoms with E-state index in [1.165, 1.54) is 12.8 Å². The zero-order valence-electron chi connectivity index (χ0n) is 12.2. The molecule has 0 fully saturated rings. The predicted molar refractivity (Wildman–Crippen MR) is 77.7 cm³/mol. The lowest BCUT2D eigenvalue weighted by Crippen LogP contribution is -2.42. The van der Waals surface area contributed by atoms with E-state index in [4.69, 9.17) is 15.2 Å². The third kappa shape index (κ3) is 2.86. The highest BCUT2D eigenvalue weighted by molar-refractivity contribution is 5.44. The van der Waals surface area contributed by atoms with Gasteiger partial charge < -0.3 is 15.2 Å². The van der Waals surface area contributed by atoms with Crippen molar-refractivity contribution in [1.29, 1.82) is 0 Å². The summed E-state index contributed by atoms with van der Waals surface area (Å²) in [6, 6.07) is 5.97. The lowest BCUT2D eigenvalue weighted by atomic mass is 9.82. The summed E-state index contributed by atoms with van der Waals surface area (Å²) in [6.45, 7) is 4.40. The highest BCUT2D eigenvalue weighted by Crippen LogP contribution is 2.43. The van der Waals surface area contributed by atoms with Crippen LogP contribution in [0.3, 0.4) is 0 Å². The molecule has 0 radical (unpaired) electrons. The number of methoxy groups -OCH3 is 1. The Kier molecular flexibility index (Phi) is 4.35.